The number of aromatic hydroxyl groups is 1. The molecule has 0 spiro atoms. The number of nitrogens with one attached hydrogen (secondary N) is 1. The zero-order valence-electron chi connectivity index (χ0n) is 13.8. The molecule has 128 valence electrons. The van der Waals surface area contributed by atoms with Gasteiger partial charge in [-0.25, -0.2) is 8.78 Å². The summed E-state index contributed by atoms with van der Waals surface area (Å²) in [7, 11) is 0. The largest absolute Gasteiger partial charge is 0.507 e. The molecule has 1 aromatic carbocycles. The lowest BCUT2D eigenvalue weighted by Crippen LogP contribution is -2.44. The van der Waals surface area contributed by atoms with E-state index in [2.05, 4.69) is 15.5 Å². The van der Waals surface area contributed by atoms with Gasteiger partial charge in [0.2, 0.25) is 0 Å². The summed E-state index contributed by atoms with van der Waals surface area (Å²) in [6.07, 6.45) is 0.343. The summed E-state index contributed by atoms with van der Waals surface area (Å²) >= 11 is 0. The number of aromatic nitrogens is 2. The first-order valence-corrected chi connectivity index (χ1v) is 8.06. The minimum atomic E-state index is -2.65. The number of benzene rings is 1. The van der Waals surface area contributed by atoms with Crippen LogP contribution < -0.4 is 5.32 Å². The molecule has 2 heterocycles. The van der Waals surface area contributed by atoms with E-state index < -0.39 is 5.92 Å². The van der Waals surface area contributed by atoms with Gasteiger partial charge in [-0.05, 0) is 62.1 Å². The molecule has 1 saturated heterocycles. The maximum atomic E-state index is 13.4. The van der Waals surface area contributed by atoms with Crippen LogP contribution in [0.5, 0.6) is 5.75 Å². The lowest BCUT2D eigenvalue weighted by molar-refractivity contribution is -0.0391. The highest BCUT2D eigenvalue weighted by Gasteiger charge is 2.36. The van der Waals surface area contributed by atoms with Crippen LogP contribution in [0, 0.1) is 19.8 Å². The molecule has 1 aromatic heterocycles. The van der Waals surface area contributed by atoms with Crippen molar-refractivity contribution in [3.8, 4) is 17.0 Å². The third kappa shape index (κ3) is 3.70. The number of aryl methyl sites for hydroxylation is 2. The summed E-state index contributed by atoms with van der Waals surface area (Å²) < 4.78 is 26.9. The maximum absolute atomic E-state index is 13.4. The van der Waals surface area contributed by atoms with E-state index in [-0.39, 0.29) is 24.6 Å². The van der Waals surface area contributed by atoms with Crippen molar-refractivity contribution >= 4 is 0 Å². The summed E-state index contributed by atoms with van der Waals surface area (Å²) in [6.45, 7) is 4.14. The second kappa shape index (κ2) is 6.43. The maximum Gasteiger partial charge on any atom is 0.260 e. The Morgan fingerprint density at radius 2 is 2.04 bits per heavy atom. The molecular weight excluding hydrogens is 312 g/mol. The molecule has 6 heteroatoms. The number of hydrogen-bond donors (Lipinski definition) is 2. The summed E-state index contributed by atoms with van der Waals surface area (Å²) in [5.74, 6) is -2.63. The number of phenolic OH excluding ortho intramolecular Hbond substituents is 1. The van der Waals surface area contributed by atoms with Crippen molar-refractivity contribution in [2.45, 2.75) is 32.6 Å². The normalized spacial score (nSPS) is 20.1. The van der Waals surface area contributed by atoms with Gasteiger partial charge in [-0.3, -0.25) is 0 Å². The Bertz CT molecular complexity index is 709. The molecule has 1 atom stereocenters. The molecule has 1 aliphatic heterocycles. The van der Waals surface area contributed by atoms with Gasteiger partial charge in [0, 0.05) is 12.0 Å². The van der Waals surface area contributed by atoms with Crippen LogP contribution >= 0.6 is 0 Å². The molecule has 4 nitrogen and oxygen atoms in total. The average Bonchev–Trinajstić information content (AvgIpc) is 2.47. The van der Waals surface area contributed by atoms with Crippen molar-refractivity contribution in [3.63, 3.8) is 0 Å². The molecule has 2 aromatic rings. The molecule has 2 N–H and O–H groups in total. The second-order valence-electron chi connectivity index (χ2n) is 6.65. The van der Waals surface area contributed by atoms with E-state index in [9.17, 15) is 13.9 Å². The first kappa shape index (κ1) is 16.8. The van der Waals surface area contributed by atoms with Gasteiger partial charge < -0.3 is 10.4 Å². The molecule has 0 saturated carbocycles. The molecule has 0 bridgehead atoms. The molecule has 1 aliphatic rings. The molecule has 24 heavy (non-hydrogen) atoms. The highest BCUT2D eigenvalue weighted by atomic mass is 19.3. The first-order chi connectivity index (χ1) is 11.3. The Balaban J connectivity index is 1.77. The third-order valence-electron chi connectivity index (χ3n) is 4.34. The summed E-state index contributed by atoms with van der Waals surface area (Å²) in [4.78, 5) is 0. The zero-order chi connectivity index (χ0) is 17.3. The SMILES string of the molecule is Cc1cc(C)c(-c2ccc(CC3CNCC(F)(F)C3)nn2)c(O)c1. The van der Waals surface area contributed by atoms with E-state index in [1.54, 1.807) is 18.2 Å². The summed E-state index contributed by atoms with van der Waals surface area (Å²) in [5.41, 5.74) is 3.83. The molecule has 1 unspecified atom stereocenters. The van der Waals surface area contributed by atoms with E-state index in [0.29, 0.717) is 29.9 Å². The van der Waals surface area contributed by atoms with Gasteiger partial charge >= 0.3 is 0 Å². The van der Waals surface area contributed by atoms with Gasteiger partial charge in [0.25, 0.3) is 5.92 Å². The van der Waals surface area contributed by atoms with Crippen LogP contribution in [-0.2, 0) is 6.42 Å². The number of piperidine rings is 1. The van der Waals surface area contributed by atoms with E-state index in [1.165, 1.54) is 0 Å². The van der Waals surface area contributed by atoms with Crippen molar-refractivity contribution in [2.75, 3.05) is 13.1 Å². The van der Waals surface area contributed by atoms with E-state index >= 15 is 0 Å². The minimum absolute atomic E-state index is 0.124. The van der Waals surface area contributed by atoms with Crippen LogP contribution in [0.2, 0.25) is 0 Å². The van der Waals surface area contributed by atoms with Crippen LogP contribution in [0.15, 0.2) is 24.3 Å². The van der Waals surface area contributed by atoms with E-state index in [4.69, 9.17) is 0 Å². The van der Waals surface area contributed by atoms with E-state index in [0.717, 1.165) is 11.1 Å². The fourth-order valence-corrected chi connectivity index (χ4v) is 3.35. The first-order valence-electron chi connectivity index (χ1n) is 8.06. The zero-order valence-corrected chi connectivity index (χ0v) is 13.8. The highest BCUT2D eigenvalue weighted by Crippen LogP contribution is 2.32. The lowest BCUT2D eigenvalue weighted by Gasteiger charge is -2.29. The van der Waals surface area contributed by atoms with Gasteiger partial charge in [0.15, 0.2) is 0 Å². The lowest BCUT2D eigenvalue weighted by atomic mass is 9.92. The topological polar surface area (TPSA) is 58.0 Å². The van der Waals surface area contributed by atoms with Crippen LogP contribution in [0.4, 0.5) is 8.78 Å². The third-order valence-corrected chi connectivity index (χ3v) is 4.34. The van der Waals surface area contributed by atoms with Gasteiger partial charge in [-0.15, -0.1) is 0 Å². The molecule has 3 rings (SSSR count). The van der Waals surface area contributed by atoms with Gasteiger partial charge in [-0.1, -0.05) is 6.07 Å². The average molecular weight is 333 g/mol. The molecule has 1 fully saturated rings. The summed E-state index contributed by atoms with van der Waals surface area (Å²) in [6, 6.07) is 7.25. The second-order valence-corrected chi connectivity index (χ2v) is 6.65. The van der Waals surface area contributed by atoms with Crippen molar-refractivity contribution in [1.29, 1.82) is 0 Å². The minimum Gasteiger partial charge on any atom is -0.507 e. The highest BCUT2D eigenvalue weighted by molar-refractivity contribution is 5.70. The van der Waals surface area contributed by atoms with Gasteiger partial charge in [0.05, 0.1) is 17.9 Å². The molecule has 0 radical (unpaired) electrons. The number of phenols is 1. The fourth-order valence-electron chi connectivity index (χ4n) is 3.35. The Morgan fingerprint density at radius 3 is 2.67 bits per heavy atom. The number of hydrogen-bond acceptors (Lipinski definition) is 4. The number of nitrogens with zero attached hydrogens (tertiary/aromatic N) is 2. The van der Waals surface area contributed by atoms with Crippen molar-refractivity contribution in [1.82, 2.24) is 15.5 Å². The van der Waals surface area contributed by atoms with Crippen molar-refractivity contribution < 1.29 is 13.9 Å². The molecule has 0 amide bonds. The van der Waals surface area contributed by atoms with Crippen LogP contribution in [0.25, 0.3) is 11.3 Å². The van der Waals surface area contributed by atoms with Crippen LogP contribution in [-0.4, -0.2) is 34.3 Å². The number of halogens is 2. The van der Waals surface area contributed by atoms with Crippen LogP contribution in [0.1, 0.15) is 23.2 Å². The Hall–Kier alpha value is -2.08. The quantitative estimate of drug-likeness (QED) is 0.905. The smallest absolute Gasteiger partial charge is 0.260 e. The number of alkyl halides is 2. The summed E-state index contributed by atoms with van der Waals surface area (Å²) in [5, 5.41) is 21.3. The van der Waals surface area contributed by atoms with Gasteiger partial charge in [-0.2, -0.15) is 10.2 Å². The molecular formula is C18H21F2N3O. The van der Waals surface area contributed by atoms with Crippen molar-refractivity contribution in [2.24, 2.45) is 5.92 Å². The number of rotatable bonds is 3. The fraction of sp³-hybridized carbons (Fsp3) is 0.444. The molecule has 0 aliphatic carbocycles. The predicted molar refractivity (Wildman–Crippen MR) is 88.2 cm³/mol. The van der Waals surface area contributed by atoms with Crippen molar-refractivity contribution in [3.05, 3.63) is 41.1 Å². The monoisotopic (exact) mass is 333 g/mol. The Kier molecular flexibility index (Phi) is 4.49. The van der Waals surface area contributed by atoms with Gasteiger partial charge in [0.1, 0.15) is 5.75 Å². The standard InChI is InChI=1S/C18H21F2N3O/c1-11-5-12(2)17(16(24)6-11)15-4-3-14(22-23-15)7-13-8-18(19,20)10-21-9-13/h3-6,13,21,24H,7-10H2,1-2H3. The predicted octanol–water partition coefficient (Wildman–Crippen LogP) is 3.25. The van der Waals surface area contributed by atoms with Crippen LogP contribution in [0.3, 0.4) is 0 Å². The van der Waals surface area contributed by atoms with E-state index in [1.807, 2.05) is 19.9 Å². The Morgan fingerprint density at radius 1 is 1.25 bits per heavy atom. The Labute approximate surface area is 139 Å².